The molecule has 5 aromatic rings. The molecule has 2 N–H and O–H groups in total. The highest BCUT2D eigenvalue weighted by atomic mass is 35.5. The van der Waals surface area contributed by atoms with Crippen LogP contribution in [0.2, 0.25) is 10.0 Å². The van der Waals surface area contributed by atoms with Gasteiger partial charge in [-0.2, -0.15) is 5.10 Å². The first-order valence-electron chi connectivity index (χ1n) is 12.2. The van der Waals surface area contributed by atoms with Crippen molar-refractivity contribution in [2.24, 2.45) is 5.10 Å². The minimum absolute atomic E-state index is 0.258. The first-order valence-corrected chi connectivity index (χ1v) is 13.0. The molecule has 5 rings (SSSR count). The second-order valence-electron chi connectivity index (χ2n) is 8.88. The fourth-order valence-electron chi connectivity index (χ4n) is 4.21. The van der Waals surface area contributed by atoms with Gasteiger partial charge in [-0.15, -0.1) is 0 Å². The van der Waals surface area contributed by atoms with Crippen LogP contribution in [0.3, 0.4) is 0 Å². The quantitative estimate of drug-likeness (QED) is 0.0918. The van der Waals surface area contributed by atoms with Crippen molar-refractivity contribution in [2.75, 3.05) is 7.11 Å². The van der Waals surface area contributed by atoms with Gasteiger partial charge in [0.25, 0.3) is 5.91 Å². The monoisotopic (exact) mass is 571 g/mol. The first kappa shape index (κ1) is 27.0. The Morgan fingerprint density at radius 2 is 1.65 bits per heavy atom. The number of benzene rings is 4. The highest BCUT2D eigenvalue weighted by Crippen LogP contribution is 2.38. The maximum Gasteiger partial charge on any atom is 0.343 e. The van der Waals surface area contributed by atoms with Gasteiger partial charge >= 0.3 is 5.97 Å². The predicted molar refractivity (Wildman–Crippen MR) is 158 cm³/mol. The Bertz CT molecular complexity index is 1760. The van der Waals surface area contributed by atoms with Gasteiger partial charge in [0, 0.05) is 21.5 Å². The van der Waals surface area contributed by atoms with Crippen LogP contribution in [0.15, 0.2) is 90.0 Å². The number of fused-ring (bicyclic) bond motifs is 1. The van der Waals surface area contributed by atoms with Crippen LogP contribution < -0.4 is 14.9 Å². The maximum absolute atomic E-state index is 13.3. The fourth-order valence-corrected chi connectivity index (χ4v) is 4.67. The molecule has 1 aromatic heterocycles. The van der Waals surface area contributed by atoms with E-state index in [1.54, 1.807) is 42.5 Å². The van der Waals surface area contributed by atoms with Crippen molar-refractivity contribution in [1.82, 2.24) is 10.4 Å². The summed E-state index contributed by atoms with van der Waals surface area (Å²) in [5.74, 6) is -0.385. The number of aryl methyl sites for hydroxylation is 1. The molecule has 0 atom stereocenters. The van der Waals surface area contributed by atoms with Crippen molar-refractivity contribution in [3.8, 4) is 22.6 Å². The third-order valence-corrected chi connectivity index (χ3v) is 6.86. The number of nitrogens with one attached hydrogen (secondary N) is 2. The van der Waals surface area contributed by atoms with Gasteiger partial charge in [-0.1, -0.05) is 71.2 Å². The van der Waals surface area contributed by atoms with E-state index in [1.165, 1.54) is 13.3 Å². The number of hydrogen-bond acceptors (Lipinski definition) is 5. The van der Waals surface area contributed by atoms with Gasteiger partial charge in [-0.05, 0) is 55.0 Å². The Labute approximate surface area is 240 Å². The Balaban J connectivity index is 1.37. The summed E-state index contributed by atoms with van der Waals surface area (Å²) in [6.45, 7) is 1.94. The van der Waals surface area contributed by atoms with Crippen LogP contribution in [-0.4, -0.2) is 30.2 Å². The molecule has 0 bridgehead atoms. The molecular weight excluding hydrogens is 549 g/mol. The summed E-state index contributed by atoms with van der Waals surface area (Å²) < 4.78 is 10.9. The lowest BCUT2D eigenvalue weighted by atomic mass is 10.0. The average Bonchev–Trinajstić information content (AvgIpc) is 3.35. The van der Waals surface area contributed by atoms with Crippen molar-refractivity contribution in [1.29, 1.82) is 0 Å². The van der Waals surface area contributed by atoms with Gasteiger partial charge < -0.3 is 14.5 Å². The summed E-state index contributed by atoms with van der Waals surface area (Å²) in [4.78, 5) is 28.9. The zero-order chi connectivity index (χ0) is 28.2. The van der Waals surface area contributed by atoms with Crippen LogP contribution in [0, 0.1) is 6.92 Å². The molecule has 0 aliphatic carbocycles. The van der Waals surface area contributed by atoms with Crippen LogP contribution in [0.1, 0.15) is 32.0 Å². The zero-order valence-electron chi connectivity index (χ0n) is 21.5. The standard InChI is InChI=1S/C31H23Cl2N3O4/c1-18-10-13-20(14-11-18)31(38)40-25-15-12-19(16-26(25)39-2)17-34-36-30(37)29-27(21-6-3-4-8-23(21)32)22-7-5-9-24(33)28(22)35-29/h3-17,35H,1-2H3,(H,36,37). The molecular formula is C31H23Cl2N3O4. The number of esters is 1. The van der Waals surface area contributed by atoms with E-state index >= 15 is 0 Å². The van der Waals surface area contributed by atoms with Crippen LogP contribution in [0.5, 0.6) is 11.5 Å². The number of halogens is 2. The van der Waals surface area contributed by atoms with E-state index in [9.17, 15) is 9.59 Å². The van der Waals surface area contributed by atoms with E-state index in [0.717, 1.165) is 10.9 Å². The number of amides is 1. The van der Waals surface area contributed by atoms with Gasteiger partial charge in [0.15, 0.2) is 11.5 Å². The number of hydrogen-bond donors (Lipinski definition) is 2. The summed E-state index contributed by atoms with van der Waals surface area (Å²) >= 11 is 12.9. The fraction of sp³-hybridized carbons (Fsp3) is 0.0645. The third kappa shape index (κ3) is 5.57. The number of nitrogens with zero attached hydrogens (tertiary/aromatic N) is 1. The summed E-state index contributed by atoms with van der Waals surface area (Å²) in [7, 11) is 1.47. The molecule has 0 fully saturated rings. The summed E-state index contributed by atoms with van der Waals surface area (Å²) in [5, 5.41) is 5.85. The lowest BCUT2D eigenvalue weighted by molar-refractivity contribution is 0.0729. The number of para-hydroxylation sites is 1. The minimum Gasteiger partial charge on any atom is -0.493 e. The normalized spacial score (nSPS) is 11.1. The molecule has 0 saturated carbocycles. The summed E-state index contributed by atoms with van der Waals surface area (Å²) in [6, 6.07) is 24.7. The van der Waals surface area contributed by atoms with Crippen LogP contribution >= 0.6 is 23.2 Å². The lowest BCUT2D eigenvalue weighted by Crippen LogP contribution is -2.19. The van der Waals surface area contributed by atoms with E-state index in [0.29, 0.717) is 43.6 Å². The number of aromatic nitrogens is 1. The Hall–Kier alpha value is -4.59. The molecule has 1 heterocycles. The van der Waals surface area contributed by atoms with Gasteiger partial charge in [-0.25, -0.2) is 10.2 Å². The minimum atomic E-state index is -0.500. The Morgan fingerprint density at radius 3 is 2.40 bits per heavy atom. The van der Waals surface area contributed by atoms with Crippen molar-refractivity contribution in [3.05, 3.63) is 117 Å². The predicted octanol–water partition coefficient (Wildman–Crippen LogP) is 7.44. The van der Waals surface area contributed by atoms with Crippen LogP contribution in [-0.2, 0) is 0 Å². The Morgan fingerprint density at radius 1 is 0.900 bits per heavy atom. The molecule has 1 amide bonds. The smallest absolute Gasteiger partial charge is 0.343 e. The van der Waals surface area contributed by atoms with Crippen molar-refractivity contribution < 1.29 is 19.1 Å². The second kappa shape index (κ2) is 11.7. The number of carbonyl (C=O) groups is 2. The number of methoxy groups -OCH3 is 1. The second-order valence-corrected chi connectivity index (χ2v) is 9.70. The van der Waals surface area contributed by atoms with E-state index in [-0.39, 0.29) is 11.4 Å². The molecule has 0 aliphatic heterocycles. The van der Waals surface area contributed by atoms with Crippen molar-refractivity contribution >= 4 is 52.2 Å². The summed E-state index contributed by atoms with van der Waals surface area (Å²) in [6.07, 6.45) is 1.46. The number of rotatable bonds is 7. The molecule has 0 saturated heterocycles. The zero-order valence-corrected chi connectivity index (χ0v) is 23.0. The largest absolute Gasteiger partial charge is 0.493 e. The molecule has 200 valence electrons. The first-order chi connectivity index (χ1) is 19.4. The topological polar surface area (TPSA) is 92.8 Å². The molecule has 7 nitrogen and oxygen atoms in total. The van der Waals surface area contributed by atoms with Gasteiger partial charge in [0.2, 0.25) is 0 Å². The number of ether oxygens (including phenoxy) is 2. The van der Waals surface area contributed by atoms with E-state index in [4.69, 9.17) is 32.7 Å². The highest BCUT2D eigenvalue weighted by molar-refractivity contribution is 6.37. The van der Waals surface area contributed by atoms with Crippen molar-refractivity contribution in [3.63, 3.8) is 0 Å². The molecule has 0 radical (unpaired) electrons. The maximum atomic E-state index is 13.3. The molecule has 0 spiro atoms. The number of H-pyrrole nitrogens is 1. The van der Waals surface area contributed by atoms with E-state index < -0.39 is 11.9 Å². The molecule has 4 aromatic carbocycles. The van der Waals surface area contributed by atoms with Crippen LogP contribution in [0.4, 0.5) is 0 Å². The van der Waals surface area contributed by atoms with Gasteiger partial charge in [0.1, 0.15) is 5.69 Å². The number of hydrazone groups is 1. The molecule has 0 unspecified atom stereocenters. The van der Waals surface area contributed by atoms with Crippen LogP contribution in [0.25, 0.3) is 22.0 Å². The Kier molecular flexibility index (Phi) is 7.86. The lowest BCUT2D eigenvalue weighted by Gasteiger charge is -2.10. The van der Waals surface area contributed by atoms with Crippen molar-refractivity contribution in [2.45, 2.75) is 6.92 Å². The summed E-state index contributed by atoms with van der Waals surface area (Å²) in [5.41, 5.74) is 6.83. The van der Waals surface area contributed by atoms with Gasteiger partial charge in [0.05, 0.1) is 29.4 Å². The van der Waals surface area contributed by atoms with Gasteiger partial charge in [-0.3, -0.25) is 4.79 Å². The molecule has 0 aliphatic rings. The van der Waals surface area contributed by atoms with E-state index in [2.05, 4.69) is 15.5 Å². The SMILES string of the molecule is COc1cc(C=NNC(=O)c2[nH]c3c(Cl)cccc3c2-c2ccccc2Cl)ccc1OC(=O)c1ccc(C)cc1. The highest BCUT2D eigenvalue weighted by Gasteiger charge is 2.22. The average molecular weight is 572 g/mol. The van der Waals surface area contributed by atoms with E-state index in [1.807, 2.05) is 49.4 Å². The third-order valence-electron chi connectivity index (χ3n) is 6.21. The number of carbonyl (C=O) groups excluding carboxylic acids is 2. The number of aromatic amines is 1. The molecule has 9 heteroatoms. The molecule has 40 heavy (non-hydrogen) atoms.